The van der Waals surface area contributed by atoms with Crippen LogP contribution in [0.1, 0.15) is 18.4 Å². The summed E-state index contributed by atoms with van der Waals surface area (Å²) in [5.74, 6) is 1.78. The number of carbonyl (C=O) groups is 1. The molecule has 2 aliphatic rings. The van der Waals surface area contributed by atoms with Gasteiger partial charge in [-0.05, 0) is 30.2 Å². The molecule has 1 amide bonds. The molecule has 0 radical (unpaired) electrons. The Balaban J connectivity index is 1.27. The Morgan fingerprint density at radius 2 is 1.79 bits per heavy atom. The number of fused-ring (bicyclic) bond motifs is 1. The number of likely N-dealkylation sites (tertiary alicyclic amines) is 1. The van der Waals surface area contributed by atoms with E-state index in [9.17, 15) is 4.79 Å². The zero-order chi connectivity index (χ0) is 20.1. The van der Waals surface area contributed by atoms with Crippen LogP contribution in [-0.4, -0.2) is 56.1 Å². The maximum absolute atomic E-state index is 12.7. The molecule has 0 aliphatic carbocycles. The van der Waals surface area contributed by atoms with Crippen LogP contribution in [0.3, 0.4) is 0 Å². The number of hydrogen-bond donors (Lipinski definition) is 1. The molecule has 0 saturated carbocycles. The number of aliphatic imine (C=N–C) groups is 1. The predicted molar refractivity (Wildman–Crippen MR) is 116 cm³/mol. The molecule has 2 aromatic rings. The molecule has 6 nitrogen and oxygen atoms in total. The van der Waals surface area contributed by atoms with Crippen LogP contribution in [0, 0.1) is 0 Å². The molecule has 0 aromatic heterocycles. The molecular weight excluding hydrogens is 364 g/mol. The van der Waals surface area contributed by atoms with Gasteiger partial charge in [-0.15, -0.1) is 0 Å². The first kappa shape index (κ1) is 19.3. The highest BCUT2D eigenvalue weighted by Gasteiger charge is 2.26. The normalized spacial score (nSPS) is 17.2. The molecule has 0 unspecified atom stereocenters. The lowest BCUT2D eigenvalue weighted by Gasteiger charge is -2.34. The Kier molecular flexibility index (Phi) is 5.98. The minimum absolute atomic E-state index is 0.0818. The molecule has 1 fully saturated rings. The molecule has 152 valence electrons. The van der Waals surface area contributed by atoms with Gasteiger partial charge >= 0.3 is 0 Å². The molecule has 2 aromatic carbocycles. The average molecular weight is 393 g/mol. The fourth-order valence-corrected chi connectivity index (χ4v) is 4.06. The first-order chi connectivity index (χ1) is 14.2. The van der Waals surface area contributed by atoms with E-state index in [-0.39, 0.29) is 18.6 Å². The third-order valence-electron chi connectivity index (χ3n) is 5.59. The summed E-state index contributed by atoms with van der Waals surface area (Å²) >= 11 is 0. The molecule has 2 aliphatic heterocycles. The summed E-state index contributed by atoms with van der Waals surface area (Å²) in [7, 11) is 1.77. The van der Waals surface area contributed by atoms with E-state index in [0.29, 0.717) is 0 Å². The van der Waals surface area contributed by atoms with E-state index in [4.69, 9.17) is 4.74 Å². The summed E-state index contributed by atoms with van der Waals surface area (Å²) in [6, 6.07) is 18.1. The topological polar surface area (TPSA) is 57.2 Å². The van der Waals surface area contributed by atoms with E-state index < -0.39 is 0 Å². The van der Waals surface area contributed by atoms with Crippen LogP contribution in [0.2, 0.25) is 0 Å². The van der Waals surface area contributed by atoms with Crippen molar-refractivity contribution in [1.29, 1.82) is 0 Å². The number of ether oxygens (including phenoxy) is 1. The van der Waals surface area contributed by atoms with Gasteiger partial charge in [0.05, 0.1) is 6.54 Å². The first-order valence-electron chi connectivity index (χ1n) is 10.3. The number of benzene rings is 2. The van der Waals surface area contributed by atoms with Crippen LogP contribution >= 0.6 is 0 Å². The largest absolute Gasteiger partial charge is 0.490 e. The number of anilines is 1. The van der Waals surface area contributed by atoms with Gasteiger partial charge < -0.3 is 19.9 Å². The molecular formula is C23H28N4O2. The maximum atomic E-state index is 12.7. The lowest BCUT2D eigenvalue weighted by Crippen LogP contribution is -2.50. The fraction of sp³-hybridized carbons (Fsp3) is 0.391. The van der Waals surface area contributed by atoms with Gasteiger partial charge in [-0.2, -0.15) is 0 Å². The summed E-state index contributed by atoms with van der Waals surface area (Å²) in [6.07, 6.45) is 3.01. The highest BCUT2D eigenvalue weighted by Crippen LogP contribution is 2.27. The fourth-order valence-electron chi connectivity index (χ4n) is 4.06. The number of rotatable bonds is 4. The Morgan fingerprint density at radius 3 is 2.55 bits per heavy atom. The molecule has 1 N–H and O–H groups in total. The van der Waals surface area contributed by atoms with Crippen molar-refractivity contribution in [2.45, 2.75) is 25.4 Å². The number of nitrogens with one attached hydrogen (secondary N) is 1. The average Bonchev–Trinajstić information content (AvgIpc) is 3.20. The van der Waals surface area contributed by atoms with Crippen molar-refractivity contribution < 1.29 is 9.53 Å². The van der Waals surface area contributed by atoms with Crippen molar-refractivity contribution in [1.82, 2.24) is 10.2 Å². The van der Waals surface area contributed by atoms with E-state index in [1.807, 2.05) is 53.4 Å². The van der Waals surface area contributed by atoms with Crippen molar-refractivity contribution in [2.75, 3.05) is 38.1 Å². The van der Waals surface area contributed by atoms with Gasteiger partial charge in [-0.3, -0.25) is 9.79 Å². The van der Waals surface area contributed by atoms with Crippen LogP contribution in [0.15, 0.2) is 59.6 Å². The highest BCUT2D eigenvalue weighted by atomic mass is 16.5. The van der Waals surface area contributed by atoms with Crippen LogP contribution in [-0.2, 0) is 11.2 Å². The molecule has 2 heterocycles. The quantitative estimate of drug-likeness (QED) is 0.642. The second-order valence-electron chi connectivity index (χ2n) is 7.44. The van der Waals surface area contributed by atoms with Crippen molar-refractivity contribution in [2.24, 2.45) is 4.99 Å². The number of nitrogens with zero attached hydrogens (tertiary/aromatic N) is 3. The van der Waals surface area contributed by atoms with Crippen LogP contribution in [0.4, 0.5) is 5.69 Å². The van der Waals surface area contributed by atoms with Gasteiger partial charge in [0.25, 0.3) is 0 Å². The van der Waals surface area contributed by atoms with Gasteiger partial charge in [-0.1, -0.05) is 36.4 Å². The minimum Gasteiger partial charge on any atom is -0.490 e. The third-order valence-corrected chi connectivity index (χ3v) is 5.59. The Labute approximate surface area is 172 Å². The van der Waals surface area contributed by atoms with Crippen molar-refractivity contribution in [3.8, 4) is 5.75 Å². The van der Waals surface area contributed by atoms with Crippen molar-refractivity contribution in [3.05, 3.63) is 60.2 Å². The van der Waals surface area contributed by atoms with Gasteiger partial charge in [0, 0.05) is 45.2 Å². The summed E-state index contributed by atoms with van der Waals surface area (Å²) in [5.41, 5.74) is 2.28. The third kappa shape index (κ3) is 4.53. The van der Waals surface area contributed by atoms with Crippen LogP contribution < -0.4 is 15.0 Å². The summed E-state index contributed by atoms with van der Waals surface area (Å²) in [5, 5.41) is 3.26. The number of para-hydroxylation sites is 2. The zero-order valence-corrected chi connectivity index (χ0v) is 16.9. The number of piperidine rings is 1. The molecule has 4 rings (SSSR count). The molecule has 0 spiro atoms. The smallest absolute Gasteiger partial charge is 0.246 e. The second kappa shape index (κ2) is 8.99. The van der Waals surface area contributed by atoms with Crippen LogP contribution in [0.25, 0.3) is 0 Å². The maximum Gasteiger partial charge on any atom is 0.246 e. The standard InChI is InChI=1S/C23H28N4O2/c1-24-23(25-17-22(28)27-16-11-18-7-5-6-10-21(18)27)26-14-12-20(13-15-26)29-19-8-3-2-4-9-19/h2-10,20H,11-17H2,1H3,(H,24,25). The summed E-state index contributed by atoms with van der Waals surface area (Å²) in [4.78, 5) is 21.2. The minimum atomic E-state index is 0.0818. The van der Waals surface area contributed by atoms with E-state index >= 15 is 0 Å². The number of guanidine groups is 1. The summed E-state index contributed by atoms with van der Waals surface area (Å²) in [6.45, 7) is 2.72. The van der Waals surface area contributed by atoms with Gasteiger partial charge in [0.1, 0.15) is 11.9 Å². The highest BCUT2D eigenvalue weighted by molar-refractivity contribution is 5.98. The van der Waals surface area contributed by atoms with Gasteiger partial charge in [0.2, 0.25) is 5.91 Å². The predicted octanol–water partition coefficient (Wildman–Crippen LogP) is 2.69. The lowest BCUT2D eigenvalue weighted by atomic mass is 10.1. The molecule has 0 bridgehead atoms. The molecule has 0 atom stereocenters. The van der Waals surface area contributed by atoms with Gasteiger partial charge in [-0.25, -0.2) is 0 Å². The van der Waals surface area contributed by atoms with Gasteiger partial charge in [0.15, 0.2) is 5.96 Å². The number of carbonyl (C=O) groups excluding carboxylic acids is 1. The molecule has 29 heavy (non-hydrogen) atoms. The van der Waals surface area contributed by atoms with Crippen molar-refractivity contribution in [3.63, 3.8) is 0 Å². The number of amides is 1. The Bertz CT molecular complexity index is 860. The van der Waals surface area contributed by atoms with Crippen LogP contribution in [0.5, 0.6) is 5.75 Å². The second-order valence-corrected chi connectivity index (χ2v) is 7.44. The molecule has 1 saturated heterocycles. The SMILES string of the molecule is CN=C(NCC(=O)N1CCc2ccccc21)N1CCC(Oc2ccccc2)CC1. The zero-order valence-electron chi connectivity index (χ0n) is 16.9. The van der Waals surface area contributed by atoms with E-state index in [0.717, 1.165) is 56.3 Å². The van der Waals surface area contributed by atoms with E-state index in [1.165, 1.54) is 5.56 Å². The number of hydrogen-bond acceptors (Lipinski definition) is 3. The first-order valence-corrected chi connectivity index (χ1v) is 10.3. The molecule has 6 heteroatoms. The lowest BCUT2D eigenvalue weighted by molar-refractivity contribution is -0.117. The van der Waals surface area contributed by atoms with Crippen molar-refractivity contribution >= 4 is 17.6 Å². The van der Waals surface area contributed by atoms with E-state index in [2.05, 4.69) is 21.3 Å². The van der Waals surface area contributed by atoms with E-state index in [1.54, 1.807) is 7.05 Å². The monoisotopic (exact) mass is 392 g/mol. The Morgan fingerprint density at radius 1 is 1.07 bits per heavy atom. The summed E-state index contributed by atoms with van der Waals surface area (Å²) < 4.78 is 6.07. The Hall–Kier alpha value is -3.02.